The lowest BCUT2D eigenvalue weighted by Gasteiger charge is -2.09. The van der Waals surface area contributed by atoms with Gasteiger partial charge >= 0.3 is 6.18 Å². The SMILES string of the molecule is N#C/C(=C\c1ccc(-c2cc(C(F)(F)F)ccc2Cl)o1)S(=O)(=O)c1ccccc1. The topological polar surface area (TPSA) is 71.1 Å². The zero-order valence-corrected chi connectivity index (χ0v) is 16.0. The Morgan fingerprint density at radius 3 is 2.38 bits per heavy atom. The molecule has 0 fully saturated rings. The lowest BCUT2D eigenvalue weighted by atomic mass is 10.1. The van der Waals surface area contributed by atoms with Gasteiger partial charge in [-0.3, -0.25) is 0 Å². The molecule has 3 rings (SSSR count). The fraction of sp³-hybridized carbons (Fsp3) is 0.0500. The van der Waals surface area contributed by atoms with Gasteiger partial charge in [-0.05, 0) is 42.5 Å². The molecule has 1 heterocycles. The second kappa shape index (κ2) is 7.78. The van der Waals surface area contributed by atoms with Gasteiger partial charge in [-0.2, -0.15) is 18.4 Å². The Morgan fingerprint density at radius 2 is 1.76 bits per heavy atom. The molecule has 0 aliphatic heterocycles. The molecule has 0 N–H and O–H groups in total. The van der Waals surface area contributed by atoms with Crippen molar-refractivity contribution in [3.8, 4) is 17.4 Å². The number of nitrogens with zero attached hydrogens (tertiary/aromatic N) is 1. The summed E-state index contributed by atoms with van der Waals surface area (Å²) < 4.78 is 69.4. The summed E-state index contributed by atoms with van der Waals surface area (Å²) in [4.78, 5) is -0.639. The Balaban J connectivity index is 2.01. The lowest BCUT2D eigenvalue weighted by Crippen LogP contribution is -2.04. The number of alkyl halides is 3. The average molecular weight is 438 g/mol. The van der Waals surface area contributed by atoms with Crippen LogP contribution >= 0.6 is 11.6 Å². The molecule has 148 valence electrons. The first-order valence-corrected chi connectivity index (χ1v) is 9.88. The van der Waals surface area contributed by atoms with Gasteiger partial charge in [0, 0.05) is 11.6 Å². The third-order valence-corrected chi connectivity index (χ3v) is 5.92. The van der Waals surface area contributed by atoms with Crippen molar-refractivity contribution in [1.82, 2.24) is 0 Å². The highest BCUT2D eigenvalue weighted by atomic mass is 35.5. The van der Waals surface area contributed by atoms with Crippen molar-refractivity contribution in [2.75, 3.05) is 0 Å². The highest BCUT2D eigenvalue weighted by Crippen LogP contribution is 2.36. The summed E-state index contributed by atoms with van der Waals surface area (Å²) in [5, 5.41) is 9.32. The predicted octanol–water partition coefficient (Wildman–Crippen LogP) is 5.96. The first-order valence-electron chi connectivity index (χ1n) is 8.02. The van der Waals surface area contributed by atoms with E-state index in [-0.39, 0.29) is 27.0 Å². The molecular formula is C20H11ClF3NO3S. The van der Waals surface area contributed by atoms with E-state index in [1.54, 1.807) is 12.1 Å². The molecule has 0 saturated heterocycles. The Kier molecular flexibility index (Phi) is 5.55. The average Bonchev–Trinajstić information content (AvgIpc) is 3.14. The largest absolute Gasteiger partial charge is 0.457 e. The van der Waals surface area contributed by atoms with Crippen LogP contribution in [0.4, 0.5) is 13.2 Å². The zero-order valence-electron chi connectivity index (χ0n) is 14.4. The maximum atomic E-state index is 12.9. The first-order chi connectivity index (χ1) is 13.6. The summed E-state index contributed by atoms with van der Waals surface area (Å²) >= 11 is 5.98. The van der Waals surface area contributed by atoms with E-state index >= 15 is 0 Å². The molecule has 0 amide bonds. The van der Waals surface area contributed by atoms with E-state index in [9.17, 15) is 26.9 Å². The highest BCUT2D eigenvalue weighted by molar-refractivity contribution is 7.95. The van der Waals surface area contributed by atoms with Crippen LogP contribution in [-0.2, 0) is 16.0 Å². The van der Waals surface area contributed by atoms with E-state index in [2.05, 4.69) is 0 Å². The summed E-state index contributed by atoms with van der Waals surface area (Å²) in [6.07, 6.45) is -3.56. The van der Waals surface area contributed by atoms with E-state index < -0.39 is 26.5 Å². The van der Waals surface area contributed by atoms with Crippen molar-refractivity contribution in [1.29, 1.82) is 5.26 Å². The number of hydrogen-bond acceptors (Lipinski definition) is 4. The van der Waals surface area contributed by atoms with Crippen molar-refractivity contribution in [3.63, 3.8) is 0 Å². The summed E-state index contributed by atoms with van der Waals surface area (Å²) in [6, 6.07) is 14.4. The van der Waals surface area contributed by atoms with Gasteiger partial charge in [-0.25, -0.2) is 8.42 Å². The second-order valence-corrected chi connectivity index (χ2v) is 8.16. The molecule has 29 heavy (non-hydrogen) atoms. The van der Waals surface area contributed by atoms with Gasteiger partial charge < -0.3 is 4.42 Å². The maximum absolute atomic E-state index is 12.9. The van der Waals surface area contributed by atoms with Crippen LogP contribution < -0.4 is 0 Å². The highest BCUT2D eigenvalue weighted by Gasteiger charge is 2.31. The van der Waals surface area contributed by atoms with Gasteiger partial charge in [0.2, 0.25) is 9.84 Å². The van der Waals surface area contributed by atoms with E-state index in [1.807, 2.05) is 0 Å². The molecule has 0 aliphatic carbocycles. The predicted molar refractivity (Wildman–Crippen MR) is 101 cm³/mol. The van der Waals surface area contributed by atoms with Crippen LogP contribution in [0.5, 0.6) is 0 Å². The lowest BCUT2D eigenvalue weighted by molar-refractivity contribution is -0.137. The van der Waals surface area contributed by atoms with Crippen LogP contribution in [0.15, 0.2) is 74.9 Å². The second-order valence-electron chi connectivity index (χ2n) is 5.83. The molecule has 0 saturated carbocycles. The van der Waals surface area contributed by atoms with E-state index in [1.165, 1.54) is 36.4 Å². The Bertz CT molecular complexity index is 1220. The first kappa shape index (κ1) is 20.7. The van der Waals surface area contributed by atoms with Crippen molar-refractivity contribution in [2.24, 2.45) is 0 Å². The zero-order chi connectivity index (χ0) is 21.2. The molecule has 0 atom stereocenters. The molecule has 0 unspecified atom stereocenters. The number of nitriles is 1. The van der Waals surface area contributed by atoms with Crippen LogP contribution in [0.1, 0.15) is 11.3 Å². The van der Waals surface area contributed by atoms with E-state index in [0.29, 0.717) is 0 Å². The minimum atomic E-state index is -4.56. The fourth-order valence-corrected chi connectivity index (χ4v) is 3.86. The fourth-order valence-electron chi connectivity index (χ4n) is 2.49. The minimum Gasteiger partial charge on any atom is -0.457 e. The standard InChI is InChI=1S/C20H11ClF3NO3S/c21-18-8-6-13(20(22,23)24)10-17(18)19-9-7-14(28-19)11-16(12-25)29(26,27)15-4-2-1-3-5-15/h1-11H/b16-11+. The molecule has 0 spiro atoms. The molecule has 4 nitrogen and oxygen atoms in total. The van der Waals surface area contributed by atoms with Crippen molar-refractivity contribution in [2.45, 2.75) is 11.1 Å². The van der Waals surface area contributed by atoms with Crippen LogP contribution in [0.3, 0.4) is 0 Å². The molecule has 0 bridgehead atoms. The van der Waals surface area contributed by atoms with Crippen LogP contribution in [0.2, 0.25) is 5.02 Å². The molecule has 3 aromatic rings. The molecule has 1 aromatic heterocycles. The van der Waals surface area contributed by atoms with Gasteiger partial charge in [0.15, 0.2) is 4.91 Å². The maximum Gasteiger partial charge on any atom is 0.416 e. The summed E-state index contributed by atoms with van der Waals surface area (Å²) in [5.74, 6) is -0.0220. The number of benzene rings is 2. The molecular weight excluding hydrogens is 427 g/mol. The Hall–Kier alpha value is -3.02. The molecule has 2 aromatic carbocycles. The molecule has 9 heteroatoms. The smallest absolute Gasteiger partial charge is 0.416 e. The van der Waals surface area contributed by atoms with Gasteiger partial charge in [0.25, 0.3) is 0 Å². The third-order valence-electron chi connectivity index (χ3n) is 3.91. The Morgan fingerprint density at radius 1 is 1.07 bits per heavy atom. The van der Waals surface area contributed by atoms with Crippen molar-refractivity contribution in [3.05, 3.63) is 81.9 Å². The van der Waals surface area contributed by atoms with Crippen LogP contribution in [-0.4, -0.2) is 8.42 Å². The normalized spacial score (nSPS) is 12.6. The Labute approximate surface area is 169 Å². The minimum absolute atomic E-state index is 0.00162. The van der Waals surface area contributed by atoms with Crippen LogP contribution in [0, 0.1) is 11.3 Å². The molecule has 0 aliphatic rings. The summed E-state index contributed by atoms with van der Waals surface area (Å²) in [5.41, 5.74) is -0.916. The summed E-state index contributed by atoms with van der Waals surface area (Å²) in [7, 11) is -4.07. The number of furan rings is 1. The number of allylic oxidation sites excluding steroid dienone is 1. The van der Waals surface area contributed by atoms with Gasteiger partial charge in [0.05, 0.1) is 15.5 Å². The number of rotatable bonds is 4. The quantitative estimate of drug-likeness (QED) is 0.472. The van der Waals surface area contributed by atoms with E-state index in [0.717, 1.165) is 24.3 Å². The van der Waals surface area contributed by atoms with Gasteiger partial charge in [0.1, 0.15) is 17.6 Å². The number of halogens is 4. The van der Waals surface area contributed by atoms with Crippen LogP contribution in [0.25, 0.3) is 17.4 Å². The number of sulfone groups is 1. The van der Waals surface area contributed by atoms with Gasteiger partial charge in [-0.1, -0.05) is 29.8 Å². The monoisotopic (exact) mass is 437 g/mol. The summed E-state index contributed by atoms with van der Waals surface area (Å²) in [6.45, 7) is 0. The van der Waals surface area contributed by atoms with Gasteiger partial charge in [-0.15, -0.1) is 0 Å². The van der Waals surface area contributed by atoms with E-state index in [4.69, 9.17) is 16.0 Å². The van der Waals surface area contributed by atoms with Crippen molar-refractivity contribution < 1.29 is 26.0 Å². The third kappa shape index (κ3) is 4.36. The molecule has 0 radical (unpaired) electrons. The number of hydrogen-bond donors (Lipinski definition) is 0. The van der Waals surface area contributed by atoms with Crippen molar-refractivity contribution >= 4 is 27.5 Å².